The molecule has 0 atom stereocenters. The Kier molecular flexibility index (Phi) is 21.0. The molecule has 23 heteroatoms. The first-order chi connectivity index (χ1) is 39.8. The van der Waals surface area contributed by atoms with E-state index in [-0.39, 0.29) is 35.7 Å². The van der Waals surface area contributed by atoms with Gasteiger partial charge in [-0.2, -0.15) is 26.3 Å². The predicted molar refractivity (Wildman–Crippen MR) is 296 cm³/mol. The molecule has 6 aromatic rings. The monoisotopic (exact) mass is 1160 g/mol. The second-order valence-corrected chi connectivity index (χ2v) is 21.1. The number of anilines is 2. The summed E-state index contributed by atoms with van der Waals surface area (Å²) in [7, 11) is 0. The molecule has 2 saturated heterocycles. The number of pyridine rings is 2. The fourth-order valence-electron chi connectivity index (χ4n) is 10.9. The summed E-state index contributed by atoms with van der Waals surface area (Å²) in [5.74, 6) is 1.01. The third-order valence-electron chi connectivity index (χ3n) is 15.3. The summed E-state index contributed by atoms with van der Waals surface area (Å²) in [6.45, 7) is 8.04. The van der Waals surface area contributed by atoms with Crippen LogP contribution in [0.3, 0.4) is 0 Å². The number of nitro groups is 2. The van der Waals surface area contributed by atoms with Crippen LogP contribution in [0.5, 0.6) is 11.8 Å². The molecular weight excluding hydrogens is 1100 g/mol. The zero-order valence-electron chi connectivity index (χ0n) is 45.4. The summed E-state index contributed by atoms with van der Waals surface area (Å²) in [5, 5.41) is 25.3. The van der Waals surface area contributed by atoms with Crippen molar-refractivity contribution in [2.75, 3.05) is 62.2 Å². The largest absolute Gasteiger partial charge is 0.474 e. The van der Waals surface area contributed by atoms with Crippen molar-refractivity contribution >= 4 is 29.0 Å². The van der Waals surface area contributed by atoms with Crippen LogP contribution >= 0.6 is 0 Å². The molecule has 442 valence electrons. The van der Waals surface area contributed by atoms with Crippen LogP contribution in [0.1, 0.15) is 89.5 Å². The number of rotatable bonds is 15. The SMILES string of the molecule is O=Cc1ccc(F)cc1.O=[N+]([O-])c1ccc(CC2CCC(Oc3cc(N4CCN(Cc5ccc(F)cc5)CC4)ccn3)CC2)cc1C(F)(F)F.O=[N+]([O-])c1ccc(CC2CCC(Oc3cc(N4CCNCC4)ccn3)CC2)cc1C(F)(F)F. The summed E-state index contributed by atoms with van der Waals surface area (Å²) < 4.78 is 117. The lowest BCUT2D eigenvalue weighted by Crippen LogP contribution is -2.46. The molecule has 4 heterocycles. The van der Waals surface area contributed by atoms with Gasteiger partial charge in [-0.15, -0.1) is 0 Å². The van der Waals surface area contributed by atoms with Gasteiger partial charge in [-0.1, -0.05) is 24.3 Å². The Bertz CT molecular complexity index is 3090. The van der Waals surface area contributed by atoms with Gasteiger partial charge in [0, 0.05) is 113 Å². The topological polar surface area (TPSA) is 169 Å². The number of carbonyl (C=O) groups is 1. The van der Waals surface area contributed by atoms with E-state index in [0.717, 1.165) is 151 Å². The Morgan fingerprint density at radius 3 is 1.36 bits per heavy atom. The van der Waals surface area contributed by atoms with Crippen LogP contribution in [-0.4, -0.2) is 95.6 Å². The van der Waals surface area contributed by atoms with Crippen molar-refractivity contribution in [2.45, 2.75) is 95.3 Å². The highest BCUT2D eigenvalue weighted by molar-refractivity contribution is 5.74. The number of nitro benzene ring substituents is 2. The van der Waals surface area contributed by atoms with Crippen molar-refractivity contribution in [3.63, 3.8) is 0 Å². The van der Waals surface area contributed by atoms with Gasteiger partial charge in [0.1, 0.15) is 41.3 Å². The predicted octanol–water partition coefficient (Wildman–Crippen LogP) is 12.9. The molecule has 0 amide bonds. The first-order valence-electron chi connectivity index (χ1n) is 27.6. The van der Waals surface area contributed by atoms with E-state index in [4.69, 9.17) is 9.47 Å². The van der Waals surface area contributed by atoms with E-state index in [1.807, 2.05) is 36.4 Å². The average Bonchev–Trinajstić information content (AvgIpc) is 3.63. The van der Waals surface area contributed by atoms with Crippen LogP contribution in [0.25, 0.3) is 0 Å². The quantitative estimate of drug-likeness (QED) is 0.0446. The van der Waals surface area contributed by atoms with Crippen LogP contribution in [-0.2, 0) is 31.7 Å². The fraction of sp³-hybridized carbons (Fsp3) is 0.417. The molecular formula is C60H64F8N8O7. The number of halogens is 8. The number of hydrogen-bond donors (Lipinski definition) is 1. The Balaban J connectivity index is 0.000000191. The van der Waals surface area contributed by atoms with Gasteiger partial charge in [-0.3, -0.25) is 29.9 Å². The summed E-state index contributed by atoms with van der Waals surface area (Å²) in [5.41, 5.74) is 0.456. The summed E-state index contributed by atoms with van der Waals surface area (Å²) in [6.07, 6.45) is 1.89. The minimum absolute atomic E-state index is 0.0228. The number of aromatic nitrogens is 2. The number of ether oxygens (including phenoxy) is 2. The molecule has 15 nitrogen and oxygen atoms in total. The minimum Gasteiger partial charge on any atom is -0.474 e. The minimum atomic E-state index is -4.77. The van der Waals surface area contributed by atoms with Crippen LogP contribution in [0, 0.1) is 43.7 Å². The number of piperazine rings is 2. The number of aldehydes is 1. The smallest absolute Gasteiger partial charge is 0.423 e. The summed E-state index contributed by atoms with van der Waals surface area (Å²) in [6, 6.07) is 26.5. The number of nitrogens with one attached hydrogen (secondary N) is 1. The first-order valence-corrected chi connectivity index (χ1v) is 27.6. The van der Waals surface area contributed by atoms with Gasteiger partial charge in [0.2, 0.25) is 11.8 Å². The van der Waals surface area contributed by atoms with Crippen molar-refractivity contribution in [1.82, 2.24) is 20.2 Å². The van der Waals surface area contributed by atoms with E-state index in [1.54, 1.807) is 12.4 Å². The highest BCUT2D eigenvalue weighted by Gasteiger charge is 2.40. The second-order valence-electron chi connectivity index (χ2n) is 21.1. The van der Waals surface area contributed by atoms with Gasteiger partial charge in [0.25, 0.3) is 11.4 Å². The Hall–Kier alpha value is -7.79. The lowest BCUT2D eigenvalue weighted by Gasteiger charge is -2.36. The highest BCUT2D eigenvalue weighted by Crippen LogP contribution is 2.40. The van der Waals surface area contributed by atoms with E-state index < -0.39 is 44.7 Å². The summed E-state index contributed by atoms with van der Waals surface area (Å²) in [4.78, 5) is 45.7. The second kappa shape index (κ2) is 28.5. The van der Waals surface area contributed by atoms with Gasteiger partial charge >= 0.3 is 12.4 Å². The normalized spacial score (nSPS) is 19.5. The van der Waals surface area contributed by atoms with Gasteiger partial charge in [-0.25, -0.2) is 18.7 Å². The maximum atomic E-state index is 13.3. The number of benzene rings is 4. The van der Waals surface area contributed by atoms with Crippen molar-refractivity contribution in [3.05, 3.63) is 187 Å². The van der Waals surface area contributed by atoms with Crippen molar-refractivity contribution in [3.8, 4) is 11.8 Å². The van der Waals surface area contributed by atoms with Crippen LogP contribution in [0.2, 0.25) is 0 Å². The lowest BCUT2D eigenvalue weighted by atomic mass is 9.83. The molecule has 0 unspecified atom stereocenters. The van der Waals surface area contributed by atoms with Crippen LogP contribution < -0.4 is 24.6 Å². The first kappa shape index (κ1) is 61.3. The van der Waals surface area contributed by atoms with E-state index >= 15 is 0 Å². The van der Waals surface area contributed by atoms with Crippen molar-refractivity contribution in [2.24, 2.45) is 11.8 Å². The van der Waals surface area contributed by atoms with Gasteiger partial charge in [0.05, 0.1) is 9.85 Å². The molecule has 2 aromatic heterocycles. The lowest BCUT2D eigenvalue weighted by molar-refractivity contribution is -0.388. The molecule has 4 fully saturated rings. The fourth-order valence-corrected chi connectivity index (χ4v) is 10.9. The molecule has 83 heavy (non-hydrogen) atoms. The van der Waals surface area contributed by atoms with E-state index in [9.17, 15) is 60.1 Å². The molecule has 4 aromatic carbocycles. The zero-order chi connectivity index (χ0) is 59.1. The van der Waals surface area contributed by atoms with Crippen molar-refractivity contribution < 1.29 is 59.2 Å². The number of hydrogen-bond acceptors (Lipinski definition) is 13. The van der Waals surface area contributed by atoms with Gasteiger partial charge in [0.15, 0.2) is 0 Å². The zero-order valence-corrected chi connectivity index (χ0v) is 45.4. The average molecular weight is 1160 g/mol. The van der Waals surface area contributed by atoms with E-state index in [1.165, 1.54) is 48.5 Å². The molecule has 2 saturated carbocycles. The van der Waals surface area contributed by atoms with E-state index in [0.29, 0.717) is 47.6 Å². The maximum absolute atomic E-state index is 13.3. The third kappa shape index (κ3) is 18.1. The standard InChI is InChI=1S/C30H32F4N4O3.C23H27F3N4O3.C7H5FO/c31-24-6-1-22(2-7-24)20-36-13-15-37(16-14-36)25-11-12-35-29(19-25)41-26-8-3-21(4-9-26)17-23-5-10-28(38(39)40)27(18-23)30(32,33)34;24-23(25,26)20-14-17(3-6-21(20)30(31)32)13-16-1-4-19(5-2-16)33-22-15-18(7-8-28-22)29-11-9-27-10-12-29;8-7-3-1-6(5-9)2-4-7/h1-2,5-7,10-12,18-19,21,26H,3-4,8-9,13-17,20H2;3,6-8,14-16,19,27H,1-2,4-5,9-13H2;1-5H. The molecule has 2 aliphatic heterocycles. The summed E-state index contributed by atoms with van der Waals surface area (Å²) >= 11 is 0. The van der Waals surface area contributed by atoms with Crippen molar-refractivity contribution in [1.29, 1.82) is 0 Å². The molecule has 1 N–H and O–H groups in total. The Morgan fingerprint density at radius 1 is 0.542 bits per heavy atom. The number of alkyl halides is 6. The Labute approximate surface area is 474 Å². The van der Waals surface area contributed by atoms with E-state index in [2.05, 4.69) is 30.0 Å². The molecule has 10 rings (SSSR count). The Morgan fingerprint density at radius 2 is 0.952 bits per heavy atom. The molecule has 0 radical (unpaired) electrons. The third-order valence-corrected chi connectivity index (χ3v) is 15.3. The molecule has 2 aliphatic carbocycles. The van der Waals surface area contributed by atoms with Gasteiger partial charge in [-0.05, 0) is 153 Å². The highest BCUT2D eigenvalue weighted by atomic mass is 19.4. The van der Waals surface area contributed by atoms with Gasteiger partial charge < -0.3 is 24.6 Å². The number of nitrogens with zero attached hydrogens (tertiary/aromatic N) is 7. The van der Waals surface area contributed by atoms with Crippen LogP contribution in [0.15, 0.2) is 122 Å². The molecule has 0 spiro atoms. The molecule has 0 bridgehead atoms. The van der Waals surface area contributed by atoms with Crippen LogP contribution in [0.4, 0.5) is 57.9 Å². The molecule has 4 aliphatic rings. The maximum Gasteiger partial charge on any atom is 0.423 e. The number of carbonyl (C=O) groups excluding carboxylic acids is 1.